The molecule has 0 spiro atoms. The standard InChI is InChI=1S/C18H29NO/c1-4-16(19-17-8-6-5-7-14(17)3)18(20)15-11-9-13(2)10-12-15/h9-12,14,16-20H,4-8H2,1-3H3. The maximum Gasteiger partial charge on any atom is 0.0942 e. The molecule has 1 aromatic carbocycles. The van der Waals surface area contributed by atoms with Gasteiger partial charge in [0.05, 0.1) is 6.10 Å². The average Bonchev–Trinajstić information content (AvgIpc) is 2.46. The van der Waals surface area contributed by atoms with E-state index >= 15 is 0 Å². The van der Waals surface area contributed by atoms with E-state index in [-0.39, 0.29) is 6.04 Å². The Morgan fingerprint density at radius 3 is 2.45 bits per heavy atom. The molecule has 2 rings (SSSR count). The zero-order chi connectivity index (χ0) is 14.5. The van der Waals surface area contributed by atoms with Gasteiger partial charge in [-0.2, -0.15) is 0 Å². The van der Waals surface area contributed by atoms with Gasteiger partial charge in [0, 0.05) is 12.1 Å². The van der Waals surface area contributed by atoms with Gasteiger partial charge >= 0.3 is 0 Å². The monoisotopic (exact) mass is 275 g/mol. The van der Waals surface area contributed by atoms with E-state index in [1.807, 2.05) is 0 Å². The summed E-state index contributed by atoms with van der Waals surface area (Å²) in [4.78, 5) is 0. The number of rotatable bonds is 5. The summed E-state index contributed by atoms with van der Waals surface area (Å²) in [6.07, 6.45) is 5.79. The van der Waals surface area contributed by atoms with Crippen LogP contribution in [-0.2, 0) is 0 Å². The van der Waals surface area contributed by atoms with E-state index in [9.17, 15) is 5.11 Å². The normalized spacial score (nSPS) is 26.2. The SMILES string of the molecule is CCC(NC1CCCCC1C)C(O)c1ccc(C)cc1. The van der Waals surface area contributed by atoms with Gasteiger partial charge in [0.2, 0.25) is 0 Å². The maximum atomic E-state index is 10.6. The van der Waals surface area contributed by atoms with Crippen LogP contribution >= 0.6 is 0 Å². The molecule has 0 heterocycles. The molecule has 2 nitrogen and oxygen atoms in total. The molecule has 2 N–H and O–H groups in total. The second-order valence-electron chi connectivity index (χ2n) is 6.41. The topological polar surface area (TPSA) is 32.3 Å². The van der Waals surface area contributed by atoms with Gasteiger partial charge in [0.25, 0.3) is 0 Å². The number of hydrogen-bond donors (Lipinski definition) is 2. The smallest absolute Gasteiger partial charge is 0.0942 e. The number of hydrogen-bond acceptors (Lipinski definition) is 2. The second-order valence-corrected chi connectivity index (χ2v) is 6.41. The van der Waals surface area contributed by atoms with Gasteiger partial charge in [0.15, 0.2) is 0 Å². The van der Waals surface area contributed by atoms with E-state index in [0.29, 0.717) is 6.04 Å². The molecule has 4 atom stereocenters. The van der Waals surface area contributed by atoms with E-state index in [1.54, 1.807) is 0 Å². The zero-order valence-electron chi connectivity index (χ0n) is 13.1. The highest BCUT2D eigenvalue weighted by Crippen LogP contribution is 2.27. The minimum absolute atomic E-state index is 0.156. The van der Waals surface area contributed by atoms with Gasteiger partial charge in [-0.3, -0.25) is 0 Å². The van der Waals surface area contributed by atoms with Gasteiger partial charge in [-0.25, -0.2) is 0 Å². The van der Waals surface area contributed by atoms with Crippen LogP contribution in [0.4, 0.5) is 0 Å². The lowest BCUT2D eigenvalue weighted by atomic mass is 9.85. The first-order valence-electron chi connectivity index (χ1n) is 8.12. The fraction of sp³-hybridized carbons (Fsp3) is 0.667. The van der Waals surface area contributed by atoms with Crippen LogP contribution in [0.25, 0.3) is 0 Å². The largest absolute Gasteiger partial charge is 0.387 e. The highest BCUT2D eigenvalue weighted by molar-refractivity contribution is 5.24. The molecule has 1 aliphatic carbocycles. The highest BCUT2D eigenvalue weighted by atomic mass is 16.3. The van der Waals surface area contributed by atoms with E-state index in [2.05, 4.69) is 50.4 Å². The maximum absolute atomic E-state index is 10.6. The lowest BCUT2D eigenvalue weighted by Crippen LogP contribution is -2.46. The van der Waals surface area contributed by atoms with Crippen molar-refractivity contribution in [1.29, 1.82) is 0 Å². The Morgan fingerprint density at radius 1 is 1.20 bits per heavy atom. The lowest BCUT2D eigenvalue weighted by molar-refractivity contribution is 0.107. The van der Waals surface area contributed by atoms with Gasteiger partial charge < -0.3 is 10.4 Å². The van der Waals surface area contributed by atoms with E-state index < -0.39 is 6.10 Å². The number of aliphatic hydroxyl groups is 1. The lowest BCUT2D eigenvalue weighted by Gasteiger charge is -2.35. The van der Waals surface area contributed by atoms with Crippen LogP contribution < -0.4 is 5.32 Å². The van der Waals surface area contributed by atoms with Crippen molar-refractivity contribution in [3.8, 4) is 0 Å². The molecule has 20 heavy (non-hydrogen) atoms. The molecule has 1 fully saturated rings. The summed E-state index contributed by atoms with van der Waals surface area (Å²) >= 11 is 0. The first-order chi connectivity index (χ1) is 9.61. The quantitative estimate of drug-likeness (QED) is 0.852. The molecule has 0 saturated heterocycles. The van der Waals surface area contributed by atoms with Crippen molar-refractivity contribution in [1.82, 2.24) is 5.32 Å². The van der Waals surface area contributed by atoms with Crippen LogP contribution in [-0.4, -0.2) is 17.2 Å². The summed E-state index contributed by atoms with van der Waals surface area (Å²) < 4.78 is 0. The second kappa shape index (κ2) is 7.24. The van der Waals surface area contributed by atoms with Crippen LogP contribution in [0.2, 0.25) is 0 Å². The number of nitrogens with one attached hydrogen (secondary N) is 1. The zero-order valence-corrected chi connectivity index (χ0v) is 13.1. The summed E-state index contributed by atoms with van der Waals surface area (Å²) in [5.41, 5.74) is 2.27. The van der Waals surface area contributed by atoms with Crippen molar-refractivity contribution >= 4 is 0 Å². The van der Waals surface area contributed by atoms with Gasteiger partial charge in [-0.05, 0) is 37.7 Å². The van der Waals surface area contributed by atoms with Crippen molar-refractivity contribution in [2.75, 3.05) is 0 Å². The minimum Gasteiger partial charge on any atom is -0.387 e. The Morgan fingerprint density at radius 2 is 1.85 bits per heavy atom. The molecular formula is C18H29NO. The molecule has 112 valence electrons. The van der Waals surface area contributed by atoms with Crippen LogP contribution in [0.15, 0.2) is 24.3 Å². The summed E-state index contributed by atoms with van der Waals surface area (Å²) in [5, 5.41) is 14.3. The molecule has 0 aromatic heterocycles. The predicted molar refractivity (Wildman–Crippen MR) is 84.8 cm³/mol. The third-order valence-corrected chi connectivity index (χ3v) is 4.78. The molecule has 0 aliphatic heterocycles. The van der Waals surface area contributed by atoms with Crippen LogP contribution in [0.3, 0.4) is 0 Å². The van der Waals surface area contributed by atoms with Crippen molar-refractivity contribution in [2.24, 2.45) is 5.92 Å². The van der Waals surface area contributed by atoms with Gasteiger partial charge in [0.1, 0.15) is 0 Å². The number of benzene rings is 1. The molecule has 1 saturated carbocycles. The summed E-state index contributed by atoms with van der Waals surface area (Å²) in [6.45, 7) is 6.57. The molecular weight excluding hydrogens is 246 g/mol. The Bertz CT molecular complexity index is 400. The molecule has 2 heteroatoms. The third kappa shape index (κ3) is 3.83. The number of aliphatic hydroxyl groups excluding tert-OH is 1. The molecule has 0 amide bonds. The molecule has 1 aliphatic rings. The molecule has 0 bridgehead atoms. The van der Waals surface area contributed by atoms with E-state index in [0.717, 1.165) is 17.9 Å². The van der Waals surface area contributed by atoms with Crippen molar-refractivity contribution in [3.63, 3.8) is 0 Å². The van der Waals surface area contributed by atoms with Crippen molar-refractivity contribution in [3.05, 3.63) is 35.4 Å². The van der Waals surface area contributed by atoms with Crippen LogP contribution in [0.1, 0.15) is 63.2 Å². The van der Waals surface area contributed by atoms with Gasteiger partial charge in [-0.1, -0.05) is 56.5 Å². The Hall–Kier alpha value is -0.860. The number of aryl methyl sites for hydroxylation is 1. The van der Waals surface area contributed by atoms with Crippen LogP contribution in [0.5, 0.6) is 0 Å². The van der Waals surface area contributed by atoms with Crippen molar-refractivity contribution < 1.29 is 5.11 Å². The van der Waals surface area contributed by atoms with E-state index in [1.165, 1.54) is 31.2 Å². The highest BCUT2D eigenvalue weighted by Gasteiger charge is 2.27. The molecule has 0 radical (unpaired) electrons. The van der Waals surface area contributed by atoms with Crippen molar-refractivity contribution in [2.45, 2.75) is 71.1 Å². The Labute approximate surface area is 123 Å². The summed E-state index contributed by atoms with van der Waals surface area (Å²) in [5.74, 6) is 0.725. The molecule has 4 unspecified atom stereocenters. The van der Waals surface area contributed by atoms with E-state index in [4.69, 9.17) is 0 Å². The Balaban J connectivity index is 2.01. The minimum atomic E-state index is -0.408. The summed E-state index contributed by atoms with van der Waals surface area (Å²) in [7, 11) is 0. The fourth-order valence-corrected chi connectivity index (χ4v) is 3.27. The first kappa shape index (κ1) is 15.5. The molecule has 1 aromatic rings. The average molecular weight is 275 g/mol. The van der Waals surface area contributed by atoms with Gasteiger partial charge in [-0.15, -0.1) is 0 Å². The summed E-state index contributed by atoms with van der Waals surface area (Å²) in [6, 6.07) is 8.98. The fourth-order valence-electron chi connectivity index (χ4n) is 3.27. The first-order valence-corrected chi connectivity index (χ1v) is 8.12. The van der Waals surface area contributed by atoms with Crippen LogP contribution in [0, 0.1) is 12.8 Å². The third-order valence-electron chi connectivity index (χ3n) is 4.78. The Kier molecular flexibility index (Phi) is 5.62. The predicted octanol–water partition coefficient (Wildman–Crippen LogP) is 3.98.